The van der Waals surface area contributed by atoms with Crippen LogP contribution in [0.2, 0.25) is 0 Å². The third kappa shape index (κ3) is 3.51. The number of imidazole rings is 1. The molecule has 0 atom stereocenters. The summed E-state index contributed by atoms with van der Waals surface area (Å²) in [5.41, 5.74) is 5.18. The predicted octanol–water partition coefficient (Wildman–Crippen LogP) is 2.76. The van der Waals surface area contributed by atoms with E-state index in [9.17, 15) is 4.79 Å². The molecule has 0 fully saturated rings. The zero-order valence-electron chi connectivity index (χ0n) is 16.2. The minimum atomic E-state index is -0.117. The molecule has 0 saturated heterocycles. The second-order valence-electron chi connectivity index (χ2n) is 6.95. The monoisotopic (exact) mass is 374 g/mol. The van der Waals surface area contributed by atoms with Gasteiger partial charge in [-0.05, 0) is 31.0 Å². The van der Waals surface area contributed by atoms with Crippen molar-refractivity contribution in [3.05, 3.63) is 77.1 Å². The number of nitrogens with one attached hydrogen (secondary N) is 1. The van der Waals surface area contributed by atoms with Crippen molar-refractivity contribution < 1.29 is 4.79 Å². The molecule has 0 saturated carbocycles. The summed E-state index contributed by atoms with van der Waals surface area (Å²) in [5.74, 6) is -0.117. The molecule has 0 aliphatic carbocycles. The summed E-state index contributed by atoms with van der Waals surface area (Å²) in [4.78, 5) is 21.4. The molecule has 4 rings (SSSR count). The molecule has 142 valence electrons. The van der Waals surface area contributed by atoms with Gasteiger partial charge in [0, 0.05) is 38.2 Å². The molecule has 3 heterocycles. The molecule has 0 aliphatic rings. The molecule has 7 nitrogen and oxygen atoms in total. The average Bonchev–Trinajstić information content (AvgIpc) is 3.28. The number of aryl methyl sites for hydroxylation is 3. The molecule has 1 aromatic carbocycles. The fourth-order valence-corrected chi connectivity index (χ4v) is 3.38. The zero-order chi connectivity index (χ0) is 19.7. The Balaban J connectivity index is 1.48. The Morgan fingerprint density at radius 3 is 2.61 bits per heavy atom. The van der Waals surface area contributed by atoms with Crippen LogP contribution in [0.15, 0.2) is 49.1 Å². The second-order valence-corrected chi connectivity index (χ2v) is 6.95. The molecule has 0 unspecified atom stereocenters. The maximum atomic E-state index is 12.8. The van der Waals surface area contributed by atoms with Gasteiger partial charge in [0.2, 0.25) is 0 Å². The lowest BCUT2D eigenvalue weighted by molar-refractivity contribution is 0.0952. The zero-order valence-corrected chi connectivity index (χ0v) is 16.2. The third-order valence-electron chi connectivity index (χ3n) is 4.74. The van der Waals surface area contributed by atoms with Gasteiger partial charge < -0.3 is 9.88 Å². The lowest BCUT2D eigenvalue weighted by Gasteiger charge is -2.09. The van der Waals surface area contributed by atoms with E-state index in [1.54, 1.807) is 17.2 Å². The Morgan fingerprint density at radius 1 is 1.14 bits per heavy atom. The minimum Gasteiger partial charge on any atom is -0.348 e. The highest BCUT2D eigenvalue weighted by Crippen LogP contribution is 2.21. The number of fused-ring (bicyclic) bond motifs is 1. The highest BCUT2D eigenvalue weighted by atomic mass is 16.1. The Hall–Kier alpha value is -3.48. The Morgan fingerprint density at radius 2 is 1.89 bits per heavy atom. The fourth-order valence-electron chi connectivity index (χ4n) is 3.38. The lowest BCUT2D eigenvalue weighted by atomic mass is 10.1. The van der Waals surface area contributed by atoms with Crippen molar-refractivity contribution in [3.63, 3.8) is 0 Å². The van der Waals surface area contributed by atoms with Crippen LogP contribution in [0.4, 0.5) is 0 Å². The second kappa shape index (κ2) is 7.26. The summed E-state index contributed by atoms with van der Waals surface area (Å²) >= 11 is 0. The summed E-state index contributed by atoms with van der Waals surface area (Å²) in [6, 6.07) is 10.0. The lowest BCUT2D eigenvalue weighted by Crippen LogP contribution is -2.23. The van der Waals surface area contributed by atoms with Crippen LogP contribution in [0.3, 0.4) is 0 Å². The molecule has 1 N–H and O–H groups in total. The van der Waals surface area contributed by atoms with E-state index in [0.29, 0.717) is 12.1 Å². The molecular weight excluding hydrogens is 352 g/mol. The molecule has 0 spiro atoms. The first kappa shape index (κ1) is 17.9. The average molecular weight is 374 g/mol. The molecule has 4 aromatic rings. The normalized spacial score (nSPS) is 11.1. The third-order valence-corrected chi connectivity index (χ3v) is 4.74. The molecule has 28 heavy (non-hydrogen) atoms. The van der Waals surface area contributed by atoms with Gasteiger partial charge in [-0.25, -0.2) is 9.97 Å². The van der Waals surface area contributed by atoms with Gasteiger partial charge in [-0.1, -0.05) is 24.3 Å². The molecule has 7 heteroatoms. The first-order valence-corrected chi connectivity index (χ1v) is 9.14. The van der Waals surface area contributed by atoms with Gasteiger partial charge in [-0.2, -0.15) is 5.10 Å². The van der Waals surface area contributed by atoms with Crippen LogP contribution < -0.4 is 5.32 Å². The van der Waals surface area contributed by atoms with Gasteiger partial charge >= 0.3 is 0 Å². The van der Waals surface area contributed by atoms with Crippen LogP contribution in [-0.4, -0.2) is 30.2 Å². The molecule has 0 aliphatic heterocycles. The Kier molecular flexibility index (Phi) is 4.65. The number of pyridine rings is 1. The summed E-state index contributed by atoms with van der Waals surface area (Å²) in [6.45, 7) is 5.03. The number of hydrogen-bond acceptors (Lipinski definition) is 4. The fraction of sp³-hybridized carbons (Fsp3) is 0.238. The first-order chi connectivity index (χ1) is 13.5. The number of carbonyl (C=O) groups is 1. The van der Waals surface area contributed by atoms with Crippen LogP contribution in [0, 0.1) is 13.8 Å². The van der Waals surface area contributed by atoms with Crippen LogP contribution in [0.1, 0.15) is 32.9 Å². The standard InChI is InChI=1S/C21H22N6O/c1-14-10-18(19-15(2)25-26(3)20(19)24-14)21(28)23-11-16-4-6-17(7-5-16)12-27-9-8-22-13-27/h4-10,13H,11-12H2,1-3H3,(H,23,28). The summed E-state index contributed by atoms with van der Waals surface area (Å²) in [5, 5.41) is 8.22. The molecular formula is C21H22N6O. The molecule has 0 bridgehead atoms. The molecule has 0 radical (unpaired) electrons. The quantitative estimate of drug-likeness (QED) is 0.583. The number of aromatic nitrogens is 5. The predicted molar refractivity (Wildman–Crippen MR) is 107 cm³/mol. The largest absolute Gasteiger partial charge is 0.348 e. The van der Waals surface area contributed by atoms with E-state index < -0.39 is 0 Å². The van der Waals surface area contributed by atoms with E-state index in [1.807, 2.05) is 49.9 Å². The van der Waals surface area contributed by atoms with Gasteiger partial charge in [-0.15, -0.1) is 0 Å². The Bertz CT molecular complexity index is 1130. The van der Waals surface area contributed by atoms with Crippen molar-refractivity contribution in [3.8, 4) is 0 Å². The highest BCUT2D eigenvalue weighted by molar-refractivity contribution is 6.06. The smallest absolute Gasteiger partial charge is 0.252 e. The van der Waals surface area contributed by atoms with Crippen molar-refractivity contribution in [1.82, 2.24) is 29.6 Å². The number of nitrogens with zero attached hydrogens (tertiary/aromatic N) is 5. The number of rotatable bonds is 5. The number of carbonyl (C=O) groups excluding carboxylic acids is 1. The maximum Gasteiger partial charge on any atom is 0.252 e. The summed E-state index contributed by atoms with van der Waals surface area (Å²) in [7, 11) is 1.84. The number of amides is 1. The number of benzene rings is 1. The van der Waals surface area contributed by atoms with Crippen molar-refractivity contribution >= 4 is 16.9 Å². The van der Waals surface area contributed by atoms with Gasteiger partial charge in [0.25, 0.3) is 5.91 Å². The van der Waals surface area contributed by atoms with Crippen LogP contribution in [0.25, 0.3) is 11.0 Å². The Labute approximate surface area is 163 Å². The van der Waals surface area contributed by atoms with Crippen molar-refractivity contribution in [2.24, 2.45) is 7.05 Å². The van der Waals surface area contributed by atoms with E-state index in [-0.39, 0.29) is 5.91 Å². The maximum absolute atomic E-state index is 12.8. The van der Waals surface area contributed by atoms with Crippen molar-refractivity contribution in [2.45, 2.75) is 26.9 Å². The van der Waals surface area contributed by atoms with E-state index in [2.05, 4.69) is 32.5 Å². The summed E-state index contributed by atoms with van der Waals surface area (Å²) < 4.78 is 3.73. The van der Waals surface area contributed by atoms with Crippen molar-refractivity contribution in [2.75, 3.05) is 0 Å². The highest BCUT2D eigenvalue weighted by Gasteiger charge is 2.17. The van der Waals surface area contributed by atoms with E-state index >= 15 is 0 Å². The first-order valence-electron chi connectivity index (χ1n) is 9.14. The molecule has 1 amide bonds. The molecule has 3 aromatic heterocycles. The number of hydrogen-bond donors (Lipinski definition) is 1. The van der Waals surface area contributed by atoms with Gasteiger partial charge in [0.05, 0.1) is 23.0 Å². The van der Waals surface area contributed by atoms with Gasteiger partial charge in [0.1, 0.15) is 0 Å². The van der Waals surface area contributed by atoms with Crippen molar-refractivity contribution in [1.29, 1.82) is 0 Å². The van der Waals surface area contributed by atoms with Crippen LogP contribution >= 0.6 is 0 Å². The van der Waals surface area contributed by atoms with E-state index in [1.165, 1.54) is 5.56 Å². The van der Waals surface area contributed by atoms with E-state index in [0.717, 1.165) is 34.5 Å². The van der Waals surface area contributed by atoms with Crippen LogP contribution in [0.5, 0.6) is 0 Å². The SMILES string of the molecule is Cc1cc(C(=O)NCc2ccc(Cn3ccnc3)cc2)c2c(C)nn(C)c2n1. The summed E-state index contributed by atoms with van der Waals surface area (Å²) in [6.07, 6.45) is 5.50. The van der Waals surface area contributed by atoms with Gasteiger partial charge in [0.15, 0.2) is 5.65 Å². The van der Waals surface area contributed by atoms with Crippen LogP contribution in [-0.2, 0) is 20.1 Å². The minimum absolute atomic E-state index is 0.117. The van der Waals surface area contributed by atoms with E-state index in [4.69, 9.17) is 0 Å². The topological polar surface area (TPSA) is 77.6 Å². The van der Waals surface area contributed by atoms with Gasteiger partial charge in [-0.3, -0.25) is 9.48 Å².